The maximum atomic E-state index is 6.92. The second-order valence-corrected chi connectivity index (χ2v) is 12.7. The summed E-state index contributed by atoms with van der Waals surface area (Å²) in [5, 5.41) is 6.25. The number of nitrogens with zero attached hydrogens (tertiary/aromatic N) is 2. The number of furan rings is 1. The molecule has 37 heavy (non-hydrogen) atoms. The number of fused-ring (bicyclic) bond motifs is 7. The summed E-state index contributed by atoms with van der Waals surface area (Å²) in [4.78, 5) is 0. The Morgan fingerprint density at radius 3 is 2.00 bits per heavy atom. The van der Waals surface area contributed by atoms with Crippen molar-refractivity contribution in [1.29, 1.82) is 0 Å². The summed E-state index contributed by atoms with van der Waals surface area (Å²) in [6, 6.07) is 34.9. The van der Waals surface area contributed by atoms with Crippen LogP contribution in [0.4, 0.5) is 0 Å². The molecule has 0 spiro atoms. The van der Waals surface area contributed by atoms with Crippen molar-refractivity contribution in [3.05, 3.63) is 109 Å². The molecule has 0 saturated heterocycles. The van der Waals surface area contributed by atoms with Crippen LogP contribution in [-0.2, 0) is 7.05 Å². The molecular formula is C33H23N2OTe+. The van der Waals surface area contributed by atoms with Gasteiger partial charge in [-0.3, -0.25) is 0 Å². The molecule has 4 heteroatoms. The topological polar surface area (TPSA) is 21.9 Å². The molecule has 4 aromatic heterocycles. The molecule has 4 aromatic carbocycles. The van der Waals surface area contributed by atoms with E-state index in [0.717, 1.165) is 22.2 Å². The molecule has 0 fully saturated rings. The summed E-state index contributed by atoms with van der Waals surface area (Å²) in [6.07, 6.45) is 2.19. The van der Waals surface area contributed by atoms with E-state index in [1.165, 1.54) is 50.8 Å². The molecular weight excluding hydrogens is 568 g/mol. The van der Waals surface area contributed by atoms with Crippen molar-refractivity contribution in [2.24, 2.45) is 7.05 Å². The van der Waals surface area contributed by atoms with Crippen LogP contribution in [0.3, 0.4) is 0 Å². The van der Waals surface area contributed by atoms with Crippen LogP contribution in [-0.4, -0.2) is 25.0 Å². The summed E-state index contributed by atoms with van der Waals surface area (Å²) >= 11 is -0.502. The van der Waals surface area contributed by atoms with Gasteiger partial charge in [0.25, 0.3) is 0 Å². The maximum absolute atomic E-state index is 6.92. The molecule has 176 valence electrons. The first kappa shape index (κ1) is 21.3. The van der Waals surface area contributed by atoms with E-state index >= 15 is 0 Å². The Labute approximate surface area is 223 Å². The Bertz CT molecular complexity index is 2120. The average molecular weight is 591 g/mol. The number of benzene rings is 4. The van der Waals surface area contributed by atoms with Crippen LogP contribution in [0.5, 0.6) is 0 Å². The zero-order chi connectivity index (χ0) is 24.7. The third kappa shape index (κ3) is 2.92. The van der Waals surface area contributed by atoms with Gasteiger partial charge in [0.05, 0.1) is 0 Å². The standard InChI is InChI=1S/C33H23N2OTe/c1-20-21-10-5-8-17-29(21)37-33(20)30-32-25(18-19-34(30)2)24-13-9-16-28(31(24)36-32)35-26-14-6-3-11-22(26)23-12-4-7-15-27(23)35/h3-19H,1-2H3/q+1. The van der Waals surface area contributed by atoms with Crippen LogP contribution < -0.4 is 4.57 Å². The fourth-order valence-corrected chi connectivity index (χ4v) is 9.60. The van der Waals surface area contributed by atoms with Crippen molar-refractivity contribution in [2.75, 3.05) is 0 Å². The molecule has 4 heterocycles. The monoisotopic (exact) mass is 593 g/mol. The first-order valence-electron chi connectivity index (χ1n) is 12.5. The molecule has 0 N–H and O–H groups in total. The zero-order valence-electron chi connectivity index (χ0n) is 20.5. The molecule has 0 amide bonds. The molecule has 0 unspecified atom stereocenters. The van der Waals surface area contributed by atoms with Gasteiger partial charge in [0, 0.05) is 0 Å². The van der Waals surface area contributed by atoms with Crippen LogP contribution in [0.15, 0.2) is 108 Å². The van der Waals surface area contributed by atoms with Gasteiger partial charge in [0.15, 0.2) is 0 Å². The van der Waals surface area contributed by atoms with E-state index in [-0.39, 0.29) is 0 Å². The van der Waals surface area contributed by atoms with Gasteiger partial charge in [-0.2, -0.15) is 0 Å². The minimum absolute atomic E-state index is 0.502. The van der Waals surface area contributed by atoms with Gasteiger partial charge in [-0.15, -0.1) is 0 Å². The molecule has 0 aliphatic heterocycles. The van der Waals surface area contributed by atoms with Crippen molar-refractivity contribution in [1.82, 2.24) is 4.57 Å². The molecule has 8 rings (SSSR count). The van der Waals surface area contributed by atoms with Crippen molar-refractivity contribution < 1.29 is 8.98 Å². The van der Waals surface area contributed by atoms with Gasteiger partial charge in [-0.1, -0.05) is 0 Å². The molecule has 0 bridgehead atoms. The van der Waals surface area contributed by atoms with E-state index in [1.54, 1.807) is 0 Å². The van der Waals surface area contributed by atoms with Gasteiger partial charge in [0.1, 0.15) is 0 Å². The first-order valence-corrected chi connectivity index (χ1v) is 14.8. The van der Waals surface area contributed by atoms with Crippen molar-refractivity contribution >= 4 is 73.0 Å². The van der Waals surface area contributed by atoms with E-state index < -0.39 is 20.4 Å². The molecule has 0 aliphatic carbocycles. The molecule has 0 atom stereocenters. The van der Waals surface area contributed by atoms with Crippen LogP contribution in [0.2, 0.25) is 0 Å². The van der Waals surface area contributed by atoms with Crippen molar-refractivity contribution in [3.63, 3.8) is 0 Å². The van der Waals surface area contributed by atoms with Gasteiger partial charge in [-0.25, -0.2) is 0 Å². The van der Waals surface area contributed by atoms with Crippen LogP contribution >= 0.6 is 0 Å². The van der Waals surface area contributed by atoms with Crippen LogP contribution in [0, 0.1) is 6.92 Å². The average Bonchev–Trinajstić information content (AvgIpc) is 3.58. The minimum atomic E-state index is -0.502. The Kier molecular flexibility index (Phi) is 4.50. The predicted molar refractivity (Wildman–Crippen MR) is 154 cm³/mol. The number of para-hydroxylation sites is 3. The Hall–Kier alpha value is -3.84. The molecule has 0 aliphatic rings. The summed E-state index contributed by atoms with van der Waals surface area (Å²) in [5.41, 5.74) is 8.00. The number of hydrogen-bond donors (Lipinski definition) is 0. The summed E-state index contributed by atoms with van der Waals surface area (Å²) in [7, 11) is 2.14. The molecule has 8 aromatic rings. The van der Waals surface area contributed by atoms with Crippen LogP contribution in [0.25, 0.3) is 67.5 Å². The van der Waals surface area contributed by atoms with E-state index in [0.29, 0.717) is 0 Å². The molecule has 0 saturated carbocycles. The van der Waals surface area contributed by atoms with Crippen molar-refractivity contribution in [2.45, 2.75) is 6.92 Å². The summed E-state index contributed by atoms with van der Waals surface area (Å²) < 4.78 is 14.5. The second kappa shape index (κ2) is 7.83. The molecule has 0 radical (unpaired) electrons. The van der Waals surface area contributed by atoms with Gasteiger partial charge >= 0.3 is 224 Å². The van der Waals surface area contributed by atoms with Gasteiger partial charge < -0.3 is 0 Å². The number of rotatable bonds is 2. The Morgan fingerprint density at radius 1 is 0.649 bits per heavy atom. The zero-order valence-corrected chi connectivity index (χ0v) is 22.9. The van der Waals surface area contributed by atoms with E-state index in [1.807, 2.05) is 0 Å². The predicted octanol–water partition coefficient (Wildman–Crippen LogP) is 7.69. The van der Waals surface area contributed by atoms with Crippen LogP contribution in [0.1, 0.15) is 5.56 Å². The fraction of sp³-hybridized carbons (Fsp3) is 0.0606. The summed E-state index contributed by atoms with van der Waals surface area (Å²) in [6.45, 7) is 2.27. The Balaban J connectivity index is 1.49. The van der Waals surface area contributed by atoms with E-state index in [4.69, 9.17) is 4.42 Å². The second-order valence-electron chi connectivity index (χ2n) is 9.70. The quantitative estimate of drug-likeness (QED) is 0.149. The fourth-order valence-electron chi connectivity index (χ4n) is 5.91. The third-order valence-corrected chi connectivity index (χ3v) is 11.3. The van der Waals surface area contributed by atoms with Gasteiger partial charge in [-0.05, 0) is 0 Å². The normalized spacial score (nSPS) is 12.1. The van der Waals surface area contributed by atoms with Gasteiger partial charge in [0.2, 0.25) is 0 Å². The van der Waals surface area contributed by atoms with E-state index in [2.05, 4.69) is 126 Å². The molecule has 3 nitrogen and oxygen atoms in total. The Morgan fingerprint density at radius 2 is 1.27 bits per heavy atom. The number of pyridine rings is 1. The van der Waals surface area contributed by atoms with E-state index in [9.17, 15) is 0 Å². The SMILES string of the molecule is Cc1c(-c2c3oc4c(-n5c6ccccc6c6ccccc65)cccc4c3cc[n+]2C)[te]c2ccccc12. The summed E-state index contributed by atoms with van der Waals surface area (Å²) in [5.74, 6) is 0. The first-order chi connectivity index (χ1) is 18.2. The number of aryl methyl sites for hydroxylation is 2. The third-order valence-electron chi connectivity index (χ3n) is 7.65. The number of hydrogen-bond acceptors (Lipinski definition) is 1. The number of aromatic nitrogens is 2. The van der Waals surface area contributed by atoms with Crippen molar-refractivity contribution in [3.8, 4) is 15.0 Å².